The molecule has 0 amide bonds. The number of aromatic nitrogens is 2. The zero-order chi connectivity index (χ0) is 19.6. The van der Waals surface area contributed by atoms with Gasteiger partial charge < -0.3 is 15.4 Å². The van der Waals surface area contributed by atoms with Gasteiger partial charge in [-0.05, 0) is 26.0 Å². The van der Waals surface area contributed by atoms with Crippen molar-refractivity contribution in [3.63, 3.8) is 0 Å². The van der Waals surface area contributed by atoms with E-state index in [0.29, 0.717) is 18.4 Å². The Kier molecular flexibility index (Phi) is 8.67. The van der Waals surface area contributed by atoms with Crippen LogP contribution in [0.3, 0.4) is 0 Å². The van der Waals surface area contributed by atoms with Crippen LogP contribution in [0, 0.1) is 13.8 Å². The van der Waals surface area contributed by atoms with E-state index in [1.165, 1.54) is 16.2 Å². The lowest BCUT2D eigenvalue weighted by Gasteiger charge is -2.16. The number of guanidine groups is 1. The summed E-state index contributed by atoms with van der Waals surface area (Å²) in [5.74, 6) is 0.805. The first-order valence-electron chi connectivity index (χ1n) is 9.23. The first-order valence-corrected chi connectivity index (χ1v) is 10.1. The van der Waals surface area contributed by atoms with E-state index in [1.54, 1.807) is 14.2 Å². The topological polar surface area (TPSA) is 63.5 Å². The van der Waals surface area contributed by atoms with Crippen LogP contribution in [0.4, 0.5) is 0 Å². The van der Waals surface area contributed by atoms with Crippen LogP contribution in [0.1, 0.15) is 23.9 Å². The molecule has 1 aromatic carbocycles. The van der Waals surface area contributed by atoms with E-state index in [9.17, 15) is 0 Å². The quantitative estimate of drug-likeness (QED) is 0.392. The van der Waals surface area contributed by atoms with Crippen LogP contribution in [0.2, 0.25) is 0 Å². The average Bonchev–Trinajstić information content (AvgIpc) is 2.94. The molecule has 0 spiro atoms. The van der Waals surface area contributed by atoms with E-state index in [-0.39, 0.29) is 0 Å². The minimum atomic E-state index is 0.436. The molecule has 7 heteroatoms. The molecule has 2 aromatic rings. The summed E-state index contributed by atoms with van der Waals surface area (Å²) in [5.41, 5.74) is 3.42. The molecule has 1 aromatic heterocycles. The van der Waals surface area contributed by atoms with Gasteiger partial charge in [0.25, 0.3) is 0 Å². The summed E-state index contributed by atoms with van der Waals surface area (Å²) in [4.78, 5) is 5.62. The van der Waals surface area contributed by atoms with Gasteiger partial charge in [0.15, 0.2) is 5.96 Å². The molecule has 0 radical (unpaired) electrons. The highest BCUT2D eigenvalue weighted by atomic mass is 32.2. The van der Waals surface area contributed by atoms with Crippen LogP contribution >= 0.6 is 11.8 Å². The van der Waals surface area contributed by atoms with Crippen molar-refractivity contribution >= 4 is 17.7 Å². The molecule has 2 rings (SSSR count). The Hall–Kier alpha value is -1.99. The lowest BCUT2D eigenvalue weighted by Crippen LogP contribution is -2.39. The number of benzene rings is 1. The molecular formula is C20H31N5OS. The van der Waals surface area contributed by atoms with Crippen molar-refractivity contribution < 1.29 is 4.74 Å². The highest BCUT2D eigenvalue weighted by Crippen LogP contribution is 2.21. The molecule has 0 aliphatic heterocycles. The number of thioether (sulfide) groups is 1. The smallest absolute Gasteiger partial charge is 0.191 e. The molecule has 0 aliphatic carbocycles. The largest absolute Gasteiger partial charge is 0.383 e. The van der Waals surface area contributed by atoms with Crippen LogP contribution in [-0.4, -0.2) is 48.3 Å². The van der Waals surface area contributed by atoms with E-state index >= 15 is 0 Å². The second kappa shape index (κ2) is 11.0. The van der Waals surface area contributed by atoms with Gasteiger partial charge >= 0.3 is 0 Å². The summed E-state index contributed by atoms with van der Waals surface area (Å²) < 4.78 is 7.16. The normalized spacial score (nSPS) is 12.9. The second-order valence-corrected chi connectivity index (χ2v) is 7.93. The zero-order valence-corrected chi connectivity index (χ0v) is 17.8. The molecule has 1 unspecified atom stereocenters. The second-order valence-electron chi connectivity index (χ2n) is 6.41. The van der Waals surface area contributed by atoms with Gasteiger partial charge in [0.05, 0.1) is 18.8 Å². The monoisotopic (exact) mass is 389 g/mol. The third kappa shape index (κ3) is 6.59. The summed E-state index contributed by atoms with van der Waals surface area (Å²) in [6, 6.07) is 10.5. The van der Waals surface area contributed by atoms with Gasteiger partial charge in [0.2, 0.25) is 0 Å². The van der Waals surface area contributed by atoms with Crippen LogP contribution in [-0.2, 0) is 17.8 Å². The maximum Gasteiger partial charge on any atom is 0.191 e. The number of rotatable bonds is 9. The van der Waals surface area contributed by atoms with Gasteiger partial charge in [-0.3, -0.25) is 9.67 Å². The molecule has 6 nitrogen and oxygen atoms in total. The van der Waals surface area contributed by atoms with Gasteiger partial charge in [0.1, 0.15) is 0 Å². The molecule has 0 aliphatic rings. The molecular weight excluding hydrogens is 358 g/mol. The fourth-order valence-electron chi connectivity index (χ4n) is 2.79. The van der Waals surface area contributed by atoms with Crippen LogP contribution in [0.5, 0.6) is 0 Å². The van der Waals surface area contributed by atoms with E-state index in [4.69, 9.17) is 4.74 Å². The van der Waals surface area contributed by atoms with E-state index in [0.717, 1.165) is 24.7 Å². The number of aryl methyl sites for hydroxylation is 1. The SMILES string of the molecule is CN=C(NCc1c(C)nn(CCOC)c1C)NCC(C)Sc1ccccc1. The van der Waals surface area contributed by atoms with Crippen molar-refractivity contribution in [2.75, 3.05) is 27.3 Å². The fraction of sp³-hybridized carbons (Fsp3) is 0.500. The van der Waals surface area contributed by atoms with E-state index in [1.807, 2.05) is 29.4 Å². The highest BCUT2D eigenvalue weighted by molar-refractivity contribution is 8.00. The first kappa shape index (κ1) is 21.3. The van der Waals surface area contributed by atoms with Crippen LogP contribution in [0.15, 0.2) is 40.2 Å². The lowest BCUT2D eigenvalue weighted by molar-refractivity contribution is 0.182. The predicted molar refractivity (Wildman–Crippen MR) is 114 cm³/mol. The predicted octanol–water partition coefficient (Wildman–Crippen LogP) is 2.99. The van der Waals surface area contributed by atoms with Crippen molar-refractivity contribution in [1.29, 1.82) is 0 Å². The van der Waals surface area contributed by atoms with E-state index in [2.05, 4.69) is 58.8 Å². The average molecular weight is 390 g/mol. The third-order valence-corrected chi connectivity index (χ3v) is 5.45. The van der Waals surface area contributed by atoms with Crippen molar-refractivity contribution in [2.24, 2.45) is 4.99 Å². The first-order chi connectivity index (χ1) is 13.0. The summed E-state index contributed by atoms with van der Waals surface area (Å²) in [7, 11) is 3.51. The summed E-state index contributed by atoms with van der Waals surface area (Å²) in [6.07, 6.45) is 0. The minimum Gasteiger partial charge on any atom is -0.383 e. The molecule has 1 atom stereocenters. The standard InChI is InChI=1S/C20H31N5OS/c1-15(27-18-9-7-6-8-10-18)13-22-20(21-4)23-14-19-16(2)24-25(17(19)3)11-12-26-5/h6-10,15H,11-14H2,1-5H3,(H2,21,22,23). The van der Waals surface area contributed by atoms with Crippen LogP contribution < -0.4 is 10.6 Å². The van der Waals surface area contributed by atoms with E-state index < -0.39 is 0 Å². The molecule has 1 heterocycles. The Morgan fingerprint density at radius 1 is 1.26 bits per heavy atom. The Bertz CT molecular complexity index is 729. The number of hydrogen-bond donors (Lipinski definition) is 2. The van der Waals surface area contributed by atoms with Crippen molar-refractivity contribution in [2.45, 2.75) is 44.0 Å². The van der Waals surface area contributed by atoms with Gasteiger partial charge in [-0.1, -0.05) is 25.1 Å². The Balaban J connectivity index is 1.84. The van der Waals surface area contributed by atoms with Gasteiger partial charge in [-0.15, -0.1) is 11.8 Å². The zero-order valence-electron chi connectivity index (χ0n) is 17.0. The number of hydrogen-bond acceptors (Lipinski definition) is 4. The maximum atomic E-state index is 5.15. The maximum absolute atomic E-state index is 5.15. The Morgan fingerprint density at radius 3 is 2.67 bits per heavy atom. The molecule has 27 heavy (non-hydrogen) atoms. The van der Waals surface area contributed by atoms with Gasteiger partial charge in [-0.25, -0.2) is 0 Å². The van der Waals surface area contributed by atoms with Crippen molar-refractivity contribution in [3.05, 3.63) is 47.3 Å². The summed E-state index contributed by atoms with van der Waals surface area (Å²) in [5, 5.41) is 11.9. The molecule has 0 saturated carbocycles. The Labute approximate surface area is 166 Å². The summed E-state index contributed by atoms with van der Waals surface area (Å²) in [6.45, 7) is 9.32. The highest BCUT2D eigenvalue weighted by Gasteiger charge is 2.12. The molecule has 0 saturated heterocycles. The summed E-state index contributed by atoms with van der Waals surface area (Å²) >= 11 is 1.86. The Morgan fingerprint density at radius 2 is 2.00 bits per heavy atom. The number of methoxy groups -OCH3 is 1. The van der Waals surface area contributed by atoms with Gasteiger partial charge in [0, 0.05) is 48.6 Å². The fourth-order valence-corrected chi connectivity index (χ4v) is 3.74. The van der Waals surface area contributed by atoms with Crippen LogP contribution in [0.25, 0.3) is 0 Å². The minimum absolute atomic E-state index is 0.436. The number of ether oxygens (including phenoxy) is 1. The van der Waals surface area contributed by atoms with Crippen molar-refractivity contribution in [3.8, 4) is 0 Å². The van der Waals surface area contributed by atoms with Gasteiger partial charge in [-0.2, -0.15) is 5.10 Å². The molecule has 0 fully saturated rings. The van der Waals surface area contributed by atoms with Crippen molar-refractivity contribution in [1.82, 2.24) is 20.4 Å². The lowest BCUT2D eigenvalue weighted by atomic mass is 10.2. The molecule has 148 valence electrons. The third-order valence-electron chi connectivity index (χ3n) is 4.33. The number of aliphatic imine (C=N–C) groups is 1. The molecule has 2 N–H and O–H groups in total. The number of nitrogens with zero attached hydrogens (tertiary/aromatic N) is 3. The molecule has 0 bridgehead atoms. The number of nitrogens with one attached hydrogen (secondary N) is 2.